The number of hydrogen-bond acceptors (Lipinski definition) is 2. The lowest BCUT2D eigenvalue weighted by Crippen LogP contribution is -2.42. The minimum absolute atomic E-state index is 0.163. The van der Waals surface area contributed by atoms with Crippen LogP contribution in [0.2, 0.25) is 0 Å². The van der Waals surface area contributed by atoms with Crippen molar-refractivity contribution in [3.63, 3.8) is 0 Å². The van der Waals surface area contributed by atoms with Gasteiger partial charge in [-0.05, 0) is 38.3 Å². The first kappa shape index (κ1) is 11.6. The zero-order chi connectivity index (χ0) is 11.6. The molecule has 16 heavy (non-hydrogen) atoms. The van der Waals surface area contributed by atoms with Crippen molar-refractivity contribution in [2.45, 2.75) is 39.3 Å². The van der Waals surface area contributed by atoms with Gasteiger partial charge >= 0.3 is 0 Å². The summed E-state index contributed by atoms with van der Waals surface area (Å²) in [5, 5.41) is 3.62. The van der Waals surface area contributed by atoms with Gasteiger partial charge in [0.25, 0.3) is 0 Å². The van der Waals surface area contributed by atoms with E-state index in [2.05, 4.69) is 44.3 Å². The highest BCUT2D eigenvalue weighted by atomic mass is 16.5. The second-order valence-electron chi connectivity index (χ2n) is 5.15. The Morgan fingerprint density at radius 1 is 1.38 bits per heavy atom. The van der Waals surface area contributed by atoms with Crippen LogP contribution in [-0.4, -0.2) is 18.8 Å². The van der Waals surface area contributed by atoms with Gasteiger partial charge in [-0.2, -0.15) is 0 Å². The van der Waals surface area contributed by atoms with Crippen molar-refractivity contribution in [2.24, 2.45) is 0 Å². The van der Waals surface area contributed by atoms with Gasteiger partial charge in [0.2, 0.25) is 0 Å². The summed E-state index contributed by atoms with van der Waals surface area (Å²) in [6, 6.07) is 6.63. The normalized spacial score (nSPS) is 24.9. The SMILES string of the molecule is Cc1ccc(C)c(CNC2(C)CCOC2)c1. The van der Waals surface area contributed by atoms with E-state index in [0.29, 0.717) is 0 Å². The van der Waals surface area contributed by atoms with E-state index in [1.165, 1.54) is 16.7 Å². The highest BCUT2D eigenvalue weighted by Gasteiger charge is 2.28. The second kappa shape index (κ2) is 4.56. The molecule has 2 heteroatoms. The number of rotatable bonds is 3. The zero-order valence-electron chi connectivity index (χ0n) is 10.5. The Bertz CT molecular complexity index is 367. The monoisotopic (exact) mass is 219 g/mol. The van der Waals surface area contributed by atoms with Crippen LogP contribution in [0.1, 0.15) is 30.0 Å². The summed E-state index contributed by atoms with van der Waals surface area (Å²) in [4.78, 5) is 0. The molecule has 1 heterocycles. The lowest BCUT2D eigenvalue weighted by molar-refractivity contribution is 0.171. The molecule has 1 atom stereocenters. The number of nitrogens with one attached hydrogen (secondary N) is 1. The van der Waals surface area contributed by atoms with Crippen molar-refractivity contribution >= 4 is 0 Å². The third-order valence-electron chi connectivity index (χ3n) is 3.43. The largest absolute Gasteiger partial charge is 0.379 e. The van der Waals surface area contributed by atoms with Crippen molar-refractivity contribution in [1.82, 2.24) is 5.32 Å². The van der Waals surface area contributed by atoms with E-state index < -0.39 is 0 Å². The minimum Gasteiger partial charge on any atom is -0.379 e. The third-order valence-corrected chi connectivity index (χ3v) is 3.43. The van der Waals surface area contributed by atoms with Gasteiger partial charge in [-0.15, -0.1) is 0 Å². The molecule has 2 rings (SSSR count). The van der Waals surface area contributed by atoms with E-state index in [4.69, 9.17) is 4.74 Å². The summed E-state index contributed by atoms with van der Waals surface area (Å²) in [6.45, 7) is 9.21. The first-order chi connectivity index (χ1) is 7.59. The van der Waals surface area contributed by atoms with Gasteiger partial charge in [0, 0.05) is 18.7 Å². The molecule has 1 fully saturated rings. The predicted molar refractivity (Wildman–Crippen MR) is 66.6 cm³/mol. The van der Waals surface area contributed by atoms with Crippen molar-refractivity contribution < 1.29 is 4.74 Å². The molecule has 0 spiro atoms. The molecular formula is C14H21NO. The molecule has 0 bridgehead atoms. The molecule has 1 unspecified atom stereocenters. The van der Waals surface area contributed by atoms with Crippen LogP contribution in [0.25, 0.3) is 0 Å². The average molecular weight is 219 g/mol. The summed E-state index contributed by atoms with van der Waals surface area (Å²) in [5.74, 6) is 0. The number of ether oxygens (including phenoxy) is 1. The van der Waals surface area contributed by atoms with Crippen molar-refractivity contribution in [3.05, 3.63) is 34.9 Å². The summed E-state index contributed by atoms with van der Waals surface area (Å²) >= 11 is 0. The van der Waals surface area contributed by atoms with Gasteiger partial charge in [-0.3, -0.25) is 0 Å². The van der Waals surface area contributed by atoms with E-state index in [1.54, 1.807) is 0 Å². The molecule has 1 aliphatic heterocycles. The van der Waals surface area contributed by atoms with Gasteiger partial charge < -0.3 is 10.1 Å². The van der Waals surface area contributed by atoms with Gasteiger partial charge in [0.15, 0.2) is 0 Å². The number of aryl methyl sites for hydroxylation is 2. The smallest absolute Gasteiger partial charge is 0.0646 e. The first-order valence-corrected chi connectivity index (χ1v) is 5.98. The fraction of sp³-hybridized carbons (Fsp3) is 0.571. The lowest BCUT2D eigenvalue weighted by atomic mass is 10.00. The number of hydrogen-bond donors (Lipinski definition) is 1. The highest BCUT2D eigenvalue weighted by Crippen LogP contribution is 2.19. The average Bonchev–Trinajstić information content (AvgIpc) is 2.67. The molecule has 1 aromatic rings. The standard InChI is InChI=1S/C14H21NO/c1-11-4-5-12(2)13(8-11)9-15-14(3)6-7-16-10-14/h4-5,8,15H,6-7,9-10H2,1-3H3. The molecule has 1 aromatic carbocycles. The van der Waals surface area contributed by atoms with Crippen LogP contribution < -0.4 is 5.32 Å². The first-order valence-electron chi connectivity index (χ1n) is 5.98. The maximum absolute atomic E-state index is 5.44. The quantitative estimate of drug-likeness (QED) is 0.843. The third kappa shape index (κ3) is 2.63. The molecule has 88 valence electrons. The maximum atomic E-state index is 5.44. The Balaban J connectivity index is 2.01. The molecule has 0 radical (unpaired) electrons. The van der Waals surface area contributed by atoms with Gasteiger partial charge in [0.1, 0.15) is 0 Å². The molecular weight excluding hydrogens is 198 g/mol. The summed E-state index contributed by atoms with van der Waals surface area (Å²) in [6.07, 6.45) is 1.11. The van der Waals surface area contributed by atoms with E-state index in [1.807, 2.05) is 0 Å². The maximum Gasteiger partial charge on any atom is 0.0646 e. The van der Waals surface area contributed by atoms with Crippen LogP contribution in [0.5, 0.6) is 0 Å². The van der Waals surface area contributed by atoms with E-state index in [-0.39, 0.29) is 5.54 Å². The topological polar surface area (TPSA) is 21.3 Å². The van der Waals surface area contributed by atoms with Crippen molar-refractivity contribution in [2.75, 3.05) is 13.2 Å². The Morgan fingerprint density at radius 2 is 2.19 bits per heavy atom. The van der Waals surface area contributed by atoms with Gasteiger partial charge in [-0.25, -0.2) is 0 Å². The fourth-order valence-electron chi connectivity index (χ4n) is 2.11. The van der Waals surface area contributed by atoms with E-state index in [0.717, 1.165) is 26.2 Å². The Morgan fingerprint density at radius 3 is 2.88 bits per heavy atom. The van der Waals surface area contributed by atoms with E-state index in [9.17, 15) is 0 Å². The number of benzene rings is 1. The van der Waals surface area contributed by atoms with Crippen LogP contribution in [-0.2, 0) is 11.3 Å². The summed E-state index contributed by atoms with van der Waals surface area (Å²) in [5.41, 5.74) is 4.25. The lowest BCUT2D eigenvalue weighted by Gasteiger charge is -2.24. The predicted octanol–water partition coefficient (Wildman–Crippen LogP) is 2.57. The molecule has 1 aliphatic rings. The highest BCUT2D eigenvalue weighted by molar-refractivity contribution is 5.30. The van der Waals surface area contributed by atoms with Crippen LogP contribution >= 0.6 is 0 Å². The Labute approximate surface area is 98.0 Å². The second-order valence-corrected chi connectivity index (χ2v) is 5.15. The van der Waals surface area contributed by atoms with Crippen molar-refractivity contribution in [1.29, 1.82) is 0 Å². The van der Waals surface area contributed by atoms with Crippen LogP contribution in [0.15, 0.2) is 18.2 Å². The molecule has 1 saturated heterocycles. The zero-order valence-corrected chi connectivity index (χ0v) is 10.5. The van der Waals surface area contributed by atoms with Crippen LogP contribution in [0.3, 0.4) is 0 Å². The fourth-order valence-corrected chi connectivity index (χ4v) is 2.11. The molecule has 2 nitrogen and oxygen atoms in total. The molecule has 0 aliphatic carbocycles. The molecule has 0 saturated carbocycles. The molecule has 1 N–H and O–H groups in total. The van der Waals surface area contributed by atoms with Crippen molar-refractivity contribution in [3.8, 4) is 0 Å². The van der Waals surface area contributed by atoms with Crippen LogP contribution in [0.4, 0.5) is 0 Å². The van der Waals surface area contributed by atoms with Gasteiger partial charge in [-0.1, -0.05) is 23.8 Å². The van der Waals surface area contributed by atoms with Crippen LogP contribution in [0, 0.1) is 13.8 Å². The summed E-state index contributed by atoms with van der Waals surface area (Å²) in [7, 11) is 0. The Hall–Kier alpha value is -0.860. The minimum atomic E-state index is 0.163. The molecule has 0 aromatic heterocycles. The van der Waals surface area contributed by atoms with Gasteiger partial charge in [0.05, 0.1) is 6.61 Å². The van der Waals surface area contributed by atoms with E-state index >= 15 is 0 Å². The Kier molecular flexibility index (Phi) is 3.31. The molecule has 0 amide bonds. The summed E-state index contributed by atoms with van der Waals surface area (Å²) < 4.78 is 5.44.